The van der Waals surface area contributed by atoms with E-state index in [9.17, 15) is 10.2 Å². The summed E-state index contributed by atoms with van der Waals surface area (Å²) in [6.45, 7) is 2.65. The van der Waals surface area contributed by atoms with Gasteiger partial charge in [0.05, 0.1) is 11.2 Å². The molecule has 1 aromatic carbocycles. The molecule has 3 nitrogen and oxygen atoms in total. The van der Waals surface area contributed by atoms with Crippen LogP contribution in [0, 0.1) is 5.92 Å². The summed E-state index contributed by atoms with van der Waals surface area (Å²) in [4.78, 5) is 0. The summed E-state index contributed by atoms with van der Waals surface area (Å²) in [7, 11) is 0. The van der Waals surface area contributed by atoms with Crippen molar-refractivity contribution < 1.29 is 14.9 Å². The molecule has 1 heterocycles. The molecule has 0 bridgehead atoms. The van der Waals surface area contributed by atoms with E-state index in [4.69, 9.17) is 4.74 Å². The van der Waals surface area contributed by atoms with Crippen LogP contribution in [0.4, 0.5) is 0 Å². The molecule has 2 N–H and O–H groups in total. The molecule has 1 aromatic rings. The van der Waals surface area contributed by atoms with Crippen LogP contribution >= 0.6 is 0 Å². The number of ether oxygens (including phenoxy) is 1. The lowest BCUT2D eigenvalue weighted by Crippen LogP contribution is -2.44. The molecule has 3 heteroatoms. The van der Waals surface area contributed by atoms with E-state index in [-0.39, 0.29) is 17.3 Å². The van der Waals surface area contributed by atoms with Crippen molar-refractivity contribution in [1.29, 1.82) is 0 Å². The van der Waals surface area contributed by atoms with Gasteiger partial charge in [0.2, 0.25) is 0 Å². The summed E-state index contributed by atoms with van der Waals surface area (Å²) in [6, 6.07) is 6.95. The second kappa shape index (κ2) is 5.05. The minimum atomic E-state index is -0.854. The highest BCUT2D eigenvalue weighted by atomic mass is 16.5. The maximum absolute atomic E-state index is 11.0. The van der Waals surface area contributed by atoms with Crippen LogP contribution in [-0.2, 0) is 10.3 Å². The van der Waals surface area contributed by atoms with E-state index in [1.165, 1.54) is 12.8 Å². The van der Waals surface area contributed by atoms with Crippen LogP contribution in [0.2, 0.25) is 0 Å². The molecule has 1 saturated heterocycles. The van der Waals surface area contributed by atoms with Crippen LogP contribution in [-0.4, -0.2) is 22.4 Å². The number of aromatic hydroxyl groups is 1. The molecule has 0 radical (unpaired) electrons. The van der Waals surface area contributed by atoms with E-state index in [1.807, 2.05) is 19.1 Å². The lowest BCUT2D eigenvalue weighted by Gasteiger charge is -2.44. The fraction of sp³-hybridized carbons (Fsp3) is 0.647. The van der Waals surface area contributed by atoms with Crippen molar-refractivity contribution in [3.8, 4) is 5.75 Å². The molecule has 1 saturated carbocycles. The Bertz CT molecular complexity index is 458. The second-order valence-corrected chi connectivity index (χ2v) is 6.62. The fourth-order valence-corrected chi connectivity index (χ4v) is 3.91. The Morgan fingerprint density at radius 1 is 1.20 bits per heavy atom. The average Bonchev–Trinajstić information content (AvgIpc) is 2.87. The first-order valence-corrected chi connectivity index (χ1v) is 7.68. The Morgan fingerprint density at radius 2 is 1.85 bits per heavy atom. The third kappa shape index (κ3) is 2.45. The Hall–Kier alpha value is -1.06. The normalized spacial score (nSPS) is 28.4. The summed E-state index contributed by atoms with van der Waals surface area (Å²) in [5.74, 6) is 0.461. The van der Waals surface area contributed by atoms with Crippen LogP contribution in [0.3, 0.4) is 0 Å². The van der Waals surface area contributed by atoms with Gasteiger partial charge in [-0.1, -0.05) is 25.0 Å². The van der Waals surface area contributed by atoms with Gasteiger partial charge in [-0.25, -0.2) is 0 Å². The zero-order valence-electron chi connectivity index (χ0n) is 12.1. The molecule has 1 aliphatic heterocycles. The first kappa shape index (κ1) is 13.9. The maximum atomic E-state index is 11.0. The Balaban J connectivity index is 1.81. The van der Waals surface area contributed by atoms with Crippen molar-refractivity contribution in [3.63, 3.8) is 0 Å². The minimum absolute atomic E-state index is 0.0177. The Morgan fingerprint density at radius 3 is 2.50 bits per heavy atom. The number of phenols is 1. The minimum Gasteiger partial charge on any atom is -0.508 e. The molecular formula is C17H24O3. The molecule has 110 valence electrons. The summed E-state index contributed by atoms with van der Waals surface area (Å²) < 4.78 is 6.06. The molecule has 2 atom stereocenters. The molecule has 3 rings (SSSR count). The zero-order valence-corrected chi connectivity index (χ0v) is 12.1. The van der Waals surface area contributed by atoms with Crippen molar-refractivity contribution in [2.24, 2.45) is 5.92 Å². The fourth-order valence-electron chi connectivity index (χ4n) is 3.91. The molecule has 20 heavy (non-hydrogen) atoms. The topological polar surface area (TPSA) is 49.7 Å². The van der Waals surface area contributed by atoms with E-state index in [2.05, 4.69) is 0 Å². The first-order chi connectivity index (χ1) is 9.52. The number of hydrogen-bond donors (Lipinski definition) is 2. The first-order valence-electron chi connectivity index (χ1n) is 7.68. The van der Waals surface area contributed by atoms with Crippen molar-refractivity contribution in [3.05, 3.63) is 29.8 Å². The molecule has 1 aliphatic carbocycles. The molecule has 0 amide bonds. The molecular weight excluding hydrogens is 252 g/mol. The van der Waals surface area contributed by atoms with Crippen molar-refractivity contribution in [1.82, 2.24) is 0 Å². The molecule has 2 fully saturated rings. The van der Waals surface area contributed by atoms with Crippen molar-refractivity contribution in [2.45, 2.75) is 56.7 Å². The van der Waals surface area contributed by atoms with Crippen molar-refractivity contribution >= 4 is 0 Å². The van der Waals surface area contributed by atoms with Gasteiger partial charge in [-0.3, -0.25) is 0 Å². The van der Waals surface area contributed by atoms with Gasteiger partial charge < -0.3 is 14.9 Å². The highest BCUT2D eigenvalue weighted by Gasteiger charge is 2.45. The van der Waals surface area contributed by atoms with Crippen LogP contribution in [0.1, 0.15) is 51.0 Å². The number of phenolic OH excluding ortho intramolecular Hbond substituents is 1. The van der Waals surface area contributed by atoms with Gasteiger partial charge in [0, 0.05) is 6.61 Å². The summed E-state index contributed by atoms with van der Waals surface area (Å²) in [5.41, 5.74) is 0.0482. The summed E-state index contributed by atoms with van der Waals surface area (Å²) >= 11 is 0. The predicted molar refractivity (Wildman–Crippen MR) is 77.6 cm³/mol. The van der Waals surface area contributed by atoms with E-state index in [0.29, 0.717) is 0 Å². The lowest BCUT2D eigenvalue weighted by atomic mass is 9.73. The molecule has 0 aromatic heterocycles. The van der Waals surface area contributed by atoms with E-state index in [0.717, 1.165) is 37.9 Å². The second-order valence-electron chi connectivity index (χ2n) is 6.62. The van der Waals surface area contributed by atoms with Crippen LogP contribution < -0.4 is 0 Å². The summed E-state index contributed by atoms with van der Waals surface area (Å²) in [6.07, 6.45) is 6.60. The van der Waals surface area contributed by atoms with Crippen LogP contribution in [0.25, 0.3) is 0 Å². The van der Waals surface area contributed by atoms with Gasteiger partial charge in [0.15, 0.2) is 0 Å². The molecule has 1 spiro atoms. The Labute approximate surface area is 120 Å². The third-order valence-corrected chi connectivity index (χ3v) is 5.25. The Kier molecular flexibility index (Phi) is 3.51. The van der Waals surface area contributed by atoms with Crippen LogP contribution in [0.15, 0.2) is 24.3 Å². The largest absolute Gasteiger partial charge is 0.508 e. The van der Waals surface area contributed by atoms with Gasteiger partial charge in [-0.2, -0.15) is 0 Å². The van der Waals surface area contributed by atoms with Gasteiger partial charge in [0.1, 0.15) is 5.75 Å². The smallest absolute Gasteiger partial charge is 0.115 e. The molecule has 2 unspecified atom stereocenters. The van der Waals surface area contributed by atoms with Crippen molar-refractivity contribution in [2.75, 3.05) is 6.61 Å². The van der Waals surface area contributed by atoms with E-state index >= 15 is 0 Å². The SMILES string of the molecule is CC(O)(c1ccc(O)cc1)C1CCOC2(CCCC2)C1. The number of hydrogen-bond acceptors (Lipinski definition) is 3. The average molecular weight is 276 g/mol. The lowest BCUT2D eigenvalue weighted by molar-refractivity contribution is -0.138. The quantitative estimate of drug-likeness (QED) is 0.871. The zero-order chi connectivity index (χ0) is 14.2. The highest BCUT2D eigenvalue weighted by molar-refractivity contribution is 5.30. The maximum Gasteiger partial charge on any atom is 0.115 e. The number of aliphatic hydroxyl groups is 1. The predicted octanol–water partition coefficient (Wildman–Crippen LogP) is 3.34. The van der Waals surface area contributed by atoms with Gasteiger partial charge in [0.25, 0.3) is 0 Å². The number of benzene rings is 1. The third-order valence-electron chi connectivity index (χ3n) is 5.25. The monoisotopic (exact) mass is 276 g/mol. The van der Waals surface area contributed by atoms with Crippen LogP contribution in [0.5, 0.6) is 5.75 Å². The van der Waals surface area contributed by atoms with Gasteiger partial charge in [-0.05, 0) is 56.2 Å². The highest BCUT2D eigenvalue weighted by Crippen LogP contribution is 2.47. The number of rotatable bonds is 2. The van der Waals surface area contributed by atoms with E-state index < -0.39 is 5.60 Å². The van der Waals surface area contributed by atoms with Gasteiger partial charge in [-0.15, -0.1) is 0 Å². The van der Waals surface area contributed by atoms with E-state index in [1.54, 1.807) is 12.1 Å². The molecule has 2 aliphatic rings. The summed E-state index contributed by atoms with van der Waals surface area (Å²) in [5, 5.41) is 20.4. The van der Waals surface area contributed by atoms with Gasteiger partial charge >= 0.3 is 0 Å². The standard InChI is InChI=1S/C17H24O3/c1-16(19,13-4-6-15(18)7-5-13)14-8-11-20-17(12-14)9-2-3-10-17/h4-7,14,18-19H,2-3,8-12H2,1H3.